The summed E-state index contributed by atoms with van der Waals surface area (Å²) in [6, 6.07) is 0. The van der Waals surface area contributed by atoms with Crippen LogP contribution >= 0.6 is 0 Å². The van der Waals surface area contributed by atoms with Gasteiger partial charge in [0.25, 0.3) is 5.92 Å². The molecule has 0 saturated carbocycles. The Morgan fingerprint density at radius 1 is 1.17 bits per heavy atom. The van der Waals surface area contributed by atoms with Crippen molar-refractivity contribution in [3.63, 3.8) is 0 Å². The van der Waals surface area contributed by atoms with Gasteiger partial charge in [-0.3, -0.25) is 0 Å². The molecular formula is C5H4F5NO. The van der Waals surface area contributed by atoms with Gasteiger partial charge < -0.3 is 0 Å². The Hall–Kier alpha value is -0.970. The number of isocyanates is 1. The van der Waals surface area contributed by atoms with Crippen molar-refractivity contribution in [1.82, 2.24) is 0 Å². The summed E-state index contributed by atoms with van der Waals surface area (Å²) in [5.74, 6) is -4.02. The summed E-state index contributed by atoms with van der Waals surface area (Å²) in [5, 5.41) is 0. The molecule has 12 heavy (non-hydrogen) atoms. The molecule has 0 saturated heterocycles. The van der Waals surface area contributed by atoms with E-state index >= 15 is 0 Å². The SMILES string of the molecule is O=C=NCC(F)(F)CC(F)(F)F. The van der Waals surface area contributed by atoms with Gasteiger partial charge >= 0.3 is 6.18 Å². The van der Waals surface area contributed by atoms with E-state index in [0.29, 0.717) is 0 Å². The first-order chi connectivity index (χ1) is 5.27. The average molecular weight is 189 g/mol. The molecule has 0 atom stereocenters. The number of hydrogen-bond acceptors (Lipinski definition) is 2. The molecule has 0 N–H and O–H groups in total. The lowest BCUT2D eigenvalue weighted by atomic mass is 10.2. The average Bonchev–Trinajstić information content (AvgIpc) is 1.78. The molecule has 0 unspecified atom stereocenters. The van der Waals surface area contributed by atoms with Crippen LogP contribution in [0.4, 0.5) is 22.0 Å². The van der Waals surface area contributed by atoms with Crippen LogP contribution in [-0.2, 0) is 4.79 Å². The Kier molecular flexibility index (Phi) is 3.33. The van der Waals surface area contributed by atoms with Crippen LogP contribution in [-0.4, -0.2) is 24.7 Å². The third-order valence-corrected chi connectivity index (χ3v) is 0.834. The molecule has 0 aromatic carbocycles. The van der Waals surface area contributed by atoms with Crippen molar-refractivity contribution < 1.29 is 26.7 Å². The predicted molar refractivity (Wildman–Crippen MR) is 28.6 cm³/mol. The van der Waals surface area contributed by atoms with Crippen molar-refractivity contribution >= 4 is 6.08 Å². The van der Waals surface area contributed by atoms with Gasteiger partial charge in [-0.15, -0.1) is 0 Å². The largest absolute Gasteiger partial charge is 0.394 e. The van der Waals surface area contributed by atoms with Crippen LogP contribution in [0.2, 0.25) is 0 Å². The molecule has 0 heterocycles. The lowest BCUT2D eigenvalue weighted by Crippen LogP contribution is -2.28. The van der Waals surface area contributed by atoms with E-state index in [1.807, 2.05) is 0 Å². The first-order valence-electron chi connectivity index (χ1n) is 2.75. The molecule has 0 aromatic rings. The van der Waals surface area contributed by atoms with Crippen LogP contribution in [0.15, 0.2) is 4.99 Å². The molecular weight excluding hydrogens is 185 g/mol. The molecule has 0 aliphatic heterocycles. The third kappa shape index (κ3) is 5.79. The molecule has 7 heteroatoms. The quantitative estimate of drug-likeness (QED) is 0.378. The number of rotatable bonds is 3. The van der Waals surface area contributed by atoms with E-state index in [1.54, 1.807) is 0 Å². The predicted octanol–water partition coefficient (Wildman–Crippen LogP) is 1.91. The van der Waals surface area contributed by atoms with Crippen LogP contribution in [0.25, 0.3) is 0 Å². The Labute approximate surface area is 64.1 Å². The summed E-state index contributed by atoms with van der Waals surface area (Å²) < 4.78 is 58.3. The maximum Gasteiger partial charge on any atom is 0.394 e. The van der Waals surface area contributed by atoms with Gasteiger partial charge in [-0.05, 0) is 0 Å². The maximum atomic E-state index is 12.1. The van der Waals surface area contributed by atoms with Gasteiger partial charge in [0.2, 0.25) is 6.08 Å². The Balaban J connectivity index is 4.12. The summed E-state index contributed by atoms with van der Waals surface area (Å²) in [6.07, 6.45) is -6.49. The standard InChI is InChI=1S/C5H4F5NO/c6-4(7,2-11-3-12)1-5(8,9)10/h1-2H2. The zero-order valence-electron chi connectivity index (χ0n) is 5.66. The fourth-order valence-corrected chi connectivity index (χ4v) is 0.497. The van der Waals surface area contributed by atoms with Crippen molar-refractivity contribution in [2.75, 3.05) is 6.54 Å². The summed E-state index contributed by atoms with van der Waals surface area (Å²) in [7, 11) is 0. The summed E-state index contributed by atoms with van der Waals surface area (Å²) >= 11 is 0. The highest BCUT2D eigenvalue weighted by Crippen LogP contribution is 2.31. The van der Waals surface area contributed by atoms with Crippen molar-refractivity contribution in [2.45, 2.75) is 18.5 Å². The number of carbonyl (C=O) groups excluding carboxylic acids is 1. The zero-order chi connectivity index (χ0) is 9.83. The number of alkyl halides is 5. The summed E-state index contributed by atoms with van der Waals surface area (Å²) in [4.78, 5) is 11.7. The zero-order valence-corrected chi connectivity index (χ0v) is 5.66. The molecule has 0 aliphatic rings. The molecule has 0 bridgehead atoms. The first-order valence-corrected chi connectivity index (χ1v) is 2.75. The van der Waals surface area contributed by atoms with E-state index in [1.165, 1.54) is 0 Å². The lowest BCUT2D eigenvalue weighted by molar-refractivity contribution is -0.184. The van der Waals surface area contributed by atoms with Gasteiger partial charge in [0.1, 0.15) is 13.0 Å². The minimum atomic E-state index is -4.96. The smallest absolute Gasteiger partial charge is 0.211 e. The van der Waals surface area contributed by atoms with Crippen molar-refractivity contribution in [3.8, 4) is 0 Å². The molecule has 0 aliphatic carbocycles. The summed E-state index contributed by atoms with van der Waals surface area (Å²) in [5.41, 5.74) is 0. The van der Waals surface area contributed by atoms with Gasteiger partial charge in [0.05, 0.1) is 0 Å². The fourth-order valence-electron chi connectivity index (χ4n) is 0.497. The van der Waals surface area contributed by atoms with E-state index in [-0.39, 0.29) is 0 Å². The normalized spacial score (nSPS) is 12.4. The summed E-state index contributed by atoms with van der Waals surface area (Å²) in [6.45, 7) is -1.48. The monoisotopic (exact) mass is 189 g/mol. The minimum absolute atomic E-state index is 0.737. The topological polar surface area (TPSA) is 29.4 Å². The molecule has 0 aromatic heterocycles. The molecule has 2 nitrogen and oxygen atoms in total. The molecule has 0 rings (SSSR count). The second-order valence-electron chi connectivity index (χ2n) is 2.06. The van der Waals surface area contributed by atoms with E-state index in [9.17, 15) is 26.7 Å². The Bertz CT molecular complexity index is 193. The Morgan fingerprint density at radius 2 is 1.67 bits per heavy atom. The van der Waals surface area contributed by atoms with E-state index in [0.717, 1.165) is 6.08 Å². The third-order valence-electron chi connectivity index (χ3n) is 0.834. The highest BCUT2D eigenvalue weighted by molar-refractivity contribution is 5.32. The highest BCUT2D eigenvalue weighted by atomic mass is 19.4. The van der Waals surface area contributed by atoms with Crippen molar-refractivity contribution in [3.05, 3.63) is 0 Å². The Morgan fingerprint density at radius 3 is 2.00 bits per heavy atom. The van der Waals surface area contributed by atoms with Crippen LogP contribution in [0, 0.1) is 0 Å². The minimum Gasteiger partial charge on any atom is -0.211 e. The second kappa shape index (κ2) is 3.62. The van der Waals surface area contributed by atoms with Gasteiger partial charge in [-0.2, -0.15) is 18.2 Å². The van der Waals surface area contributed by atoms with Crippen LogP contribution in [0.5, 0.6) is 0 Å². The maximum absolute atomic E-state index is 12.1. The van der Waals surface area contributed by atoms with Crippen molar-refractivity contribution in [1.29, 1.82) is 0 Å². The van der Waals surface area contributed by atoms with Crippen LogP contribution in [0.1, 0.15) is 6.42 Å². The van der Waals surface area contributed by atoms with Gasteiger partial charge in [-0.25, -0.2) is 13.6 Å². The molecule has 0 radical (unpaired) electrons. The number of aliphatic imine (C=N–C) groups is 1. The number of nitrogens with zero attached hydrogens (tertiary/aromatic N) is 1. The van der Waals surface area contributed by atoms with Crippen LogP contribution in [0.3, 0.4) is 0 Å². The van der Waals surface area contributed by atoms with Crippen LogP contribution < -0.4 is 0 Å². The molecule has 0 spiro atoms. The van der Waals surface area contributed by atoms with E-state index < -0.39 is 25.1 Å². The second-order valence-corrected chi connectivity index (χ2v) is 2.06. The molecule has 70 valence electrons. The van der Waals surface area contributed by atoms with Crippen molar-refractivity contribution in [2.24, 2.45) is 4.99 Å². The number of hydrogen-bond donors (Lipinski definition) is 0. The fraction of sp³-hybridized carbons (Fsp3) is 0.800. The van der Waals surface area contributed by atoms with Gasteiger partial charge in [0.15, 0.2) is 0 Å². The highest BCUT2D eigenvalue weighted by Gasteiger charge is 2.43. The molecule has 0 fully saturated rings. The van der Waals surface area contributed by atoms with E-state index in [2.05, 4.69) is 4.99 Å². The van der Waals surface area contributed by atoms with E-state index in [4.69, 9.17) is 0 Å². The van der Waals surface area contributed by atoms with Gasteiger partial charge in [0, 0.05) is 0 Å². The molecule has 0 amide bonds. The first kappa shape index (κ1) is 11.0. The lowest BCUT2D eigenvalue weighted by Gasteiger charge is -2.14. The number of halogens is 5. The van der Waals surface area contributed by atoms with Gasteiger partial charge in [-0.1, -0.05) is 0 Å².